The van der Waals surface area contributed by atoms with Gasteiger partial charge in [-0.1, -0.05) is 24.6 Å². The molecule has 4 N–H and O–H groups in total. The summed E-state index contributed by atoms with van der Waals surface area (Å²) in [5.41, 5.74) is 10.5. The molecular formula is C14H19N3O3. The number of carboxylic acid groups (broad SMARTS) is 1. The van der Waals surface area contributed by atoms with E-state index in [1.807, 2.05) is 32.0 Å². The highest BCUT2D eigenvalue weighted by Crippen LogP contribution is 2.24. The molecule has 1 unspecified atom stereocenters. The lowest BCUT2D eigenvalue weighted by molar-refractivity contribution is -0.137. The third-order valence-corrected chi connectivity index (χ3v) is 2.94. The highest BCUT2D eigenvalue weighted by atomic mass is 16.4. The zero-order valence-electron chi connectivity index (χ0n) is 11.8. The third-order valence-electron chi connectivity index (χ3n) is 2.94. The Morgan fingerprint density at radius 2 is 2.10 bits per heavy atom. The number of amides is 2. The minimum absolute atomic E-state index is 0.0343. The lowest BCUT2D eigenvalue weighted by Crippen LogP contribution is -2.25. The van der Waals surface area contributed by atoms with E-state index in [9.17, 15) is 9.59 Å². The first-order valence-corrected chi connectivity index (χ1v) is 6.23. The molecule has 0 aliphatic carbocycles. The maximum absolute atomic E-state index is 10.8. The van der Waals surface area contributed by atoms with Crippen LogP contribution in [0.4, 0.5) is 4.79 Å². The molecule has 1 rings (SSSR count). The molecule has 0 aromatic heterocycles. The molecule has 0 spiro atoms. The molecule has 0 saturated carbocycles. The summed E-state index contributed by atoms with van der Waals surface area (Å²) in [5.74, 6) is -1.00. The maximum atomic E-state index is 10.8. The van der Waals surface area contributed by atoms with Gasteiger partial charge in [-0.25, -0.2) is 10.2 Å². The maximum Gasteiger partial charge on any atom is 0.332 e. The van der Waals surface area contributed by atoms with Crippen LogP contribution in [-0.4, -0.2) is 22.8 Å². The molecule has 2 amide bonds. The normalized spacial score (nSPS) is 12.8. The Kier molecular flexibility index (Phi) is 5.25. The van der Waals surface area contributed by atoms with Crippen LogP contribution in [0.15, 0.2) is 23.3 Å². The molecule has 1 aromatic carbocycles. The van der Waals surface area contributed by atoms with Crippen molar-refractivity contribution >= 4 is 17.7 Å². The molecule has 0 bridgehead atoms. The van der Waals surface area contributed by atoms with E-state index < -0.39 is 12.0 Å². The Balaban J connectivity index is 3.16. The van der Waals surface area contributed by atoms with Gasteiger partial charge < -0.3 is 10.8 Å². The Hall–Kier alpha value is -2.37. The fourth-order valence-electron chi connectivity index (χ4n) is 1.98. The van der Waals surface area contributed by atoms with E-state index in [1.54, 1.807) is 6.92 Å². The van der Waals surface area contributed by atoms with Crippen molar-refractivity contribution in [2.75, 3.05) is 0 Å². The smallest absolute Gasteiger partial charge is 0.332 e. The number of urea groups is 1. The monoisotopic (exact) mass is 277 g/mol. The number of hydrogen-bond donors (Lipinski definition) is 3. The van der Waals surface area contributed by atoms with Gasteiger partial charge in [0.2, 0.25) is 0 Å². The number of aryl methyl sites for hydroxylation is 1. The second-order valence-corrected chi connectivity index (χ2v) is 4.76. The Bertz CT molecular complexity index is 553. The summed E-state index contributed by atoms with van der Waals surface area (Å²) in [6, 6.07) is 4.99. The van der Waals surface area contributed by atoms with Crippen LogP contribution >= 0.6 is 0 Å². The second-order valence-electron chi connectivity index (χ2n) is 4.76. The molecular weight excluding hydrogens is 258 g/mol. The number of rotatable bonds is 5. The van der Waals surface area contributed by atoms with Crippen LogP contribution in [0.2, 0.25) is 0 Å². The van der Waals surface area contributed by atoms with Crippen LogP contribution in [0.5, 0.6) is 0 Å². The zero-order valence-corrected chi connectivity index (χ0v) is 11.8. The first-order valence-electron chi connectivity index (χ1n) is 6.23. The highest BCUT2D eigenvalue weighted by Gasteiger charge is 2.15. The number of nitrogens with two attached hydrogens (primary N) is 1. The van der Waals surface area contributed by atoms with Crippen molar-refractivity contribution in [3.05, 3.63) is 34.9 Å². The standard InChI is InChI=1S/C14H19N3O3/c1-8-4-5-11(9(2)7-13(18)19)12(6-8)10(3)16-17-14(15)20/h4-6,9H,7H2,1-3H3,(H,18,19)(H3,15,17,20)/b16-10+. The van der Waals surface area contributed by atoms with Crippen molar-refractivity contribution < 1.29 is 14.7 Å². The van der Waals surface area contributed by atoms with Gasteiger partial charge in [0.05, 0.1) is 12.1 Å². The molecule has 0 radical (unpaired) electrons. The fraction of sp³-hybridized carbons (Fsp3) is 0.357. The van der Waals surface area contributed by atoms with Gasteiger partial charge in [0.1, 0.15) is 0 Å². The molecule has 0 heterocycles. The minimum atomic E-state index is -0.853. The average molecular weight is 277 g/mol. The summed E-state index contributed by atoms with van der Waals surface area (Å²) >= 11 is 0. The summed E-state index contributed by atoms with van der Waals surface area (Å²) in [6.07, 6.45) is 0.0343. The van der Waals surface area contributed by atoms with Gasteiger partial charge in [0, 0.05) is 5.56 Å². The number of hydrazone groups is 1. The number of primary amides is 1. The van der Waals surface area contributed by atoms with Gasteiger partial charge >= 0.3 is 12.0 Å². The molecule has 6 heteroatoms. The van der Waals surface area contributed by atoms with Gasteiger partial charge in [0.25, 0.3) is 0 Å². The van der Waals surface area contributed by atoms with Gasteiger partial charge in [-0.05, 0) is 31.4 Å². The summed E-state index contributed by atoms with van der Waals surface area (Å²) in [6.45, 7) is 5.52. The zero-order chi connectivity index (χ0) is 15.3. The van der Waals surface area contributed by atoms with Crippen LogP contribution < -0.4 is 11.2 Å². The summed E-state index contributed by atoms with van der Waals surface area (Å²) in [7, 11) is 0. The predicted molar refractivity (Wildman–Crippen MR) is 76.8 cm³/mol. The van der Waals surface area contributed by atoms with Crippen LogP contribution in [0.1, 0.15) is 42.9 Å². The predicted octanol–water partition coefficient (Wildman–Crippen LogP) is 1.97. The molecule has 1 atom stereocenters. The molecule has 108 valence electrons. The van der Waals surface area contributed by atoms with Crippen molar-refractivity contribution in [1.82, 2.24) is 5.43 Å². The largest absolute Gasteiger partial charge is 0.481 e. The van der Waals surface area contributed by atoms with Crippen molar-refractivity contribution in [2.24, 2.45) is 10.8 Å². The quantitative estimate of drug-likeness (QED) is 0.566. The Labute approximate surface area is 117 Å². The van der Waals surface area contributed by atoms with Crippen molar-refractivity contribution in [2.45, 2.75) is 33.1 Å². The first-order chi connectivity index (χ1) is 9.31. The number of carbonyl (C=O) groups is 2. The van der Waals surface area contributed by atoms with E-state index in [2.05, 4.69) is 10.5 Å². The number of nitrogens with zero attached hydrogens (tertiary/aromatic N) is 1. The molecule has 0 aliphatic heterocycles. The van der Waals surface area contributed by atoms with E-state index in [4.69, 9.17) is 10.8 Å². The molecule has 20 heavy (non-hydrogen) atoms. The molecule has 0 aliphatic rings. The molecule has 0 fully saturated rings. The highest BCUT2D eigenvalue weighted by molar-refractivity contribution is 6.00. The average Bonchev–Trinajstić information content (AvgIpc) is 2.34. The number of hydrogen-bond acceptors (Lipinski definition) is 3. The van der Waals surface area contributed by atoms with Gasteiger partial charge in [0.15, 0.2) is 0 Å². The van der Waals surface area contributed by atoms with Crippen molar-refractivity contribution in [3.63, 3.8) is 0 Å². The molecule has 6 nitrogen and oxygen atoms in total. The van der Waals surface area contributed by atoms with E-state index in [-0.39, 0.29) is 12.3 Å². The van der Waals surface area contributed by atoms with Gasteiger partial charge in [-0.2, -0.15) is 5.10 Å². The van der Waals surface area contributed by atoms with Crippen molar-refractivity contribution in [3.8, 4) is 0 Å². The van der Waals surface area contributed by atoms with E-state index in [0.717, 1.165) is 16.7 Å². The summed E-state index contributed by atoms with van der Waals surface area (Å²) in [5, 5.41) is 12.8. The van der Waals surface area contributed by atoms with Crippen LogP contribution in [0.3, 0.4) is 0 Å². The van der Waals surface area contributed by atoms with Crippen LogP contribution in [0, 0.1) is 6.92 Å². The molecule has 1 aromatic rings. The van der Waals surface area contributed by atoms with Gasteiger partial charge in [-0.3, -0.25) is 4.79 Å². The number of benzene rings is 1. The van der Waals surface area contributed by atoms with Gasteiger partial charge in [-0.15, -0.1) is 0 Å². The second kappa shape index (κ2) is 6.70. The van der Waals surface area contributed by atoms with E-state index >= 15 is 0 Å². The van der Waals surface area contributed by atoms with E-state index in [1.165, 1.54) is 0 Å². The SMILES string of the molecule is C/C(=N\NC(N)=O)c1cc(C)ccc1C(C)CC(=O)O. The van der Waals surface area contributed by atoms with E-state index in [0.29, 0.717) is 5.71 Å². The fourth-order valence-corrected chi connectivity index (χ4v) is 1.98. The topological polar surface area (TPSA) is 105 Å². The Morgan fingerprint density at radius 3 is 2.65 bits per heavy atom. The third kappa shape index (κ3) is 4.38. The minimum Gasteiger partial charge on any atom is -0.481 e. The lowest BCUT2D eigenvalue weighted by atomic mass is 9.90. The summed E-state index contributed by atoms with van der Waals surface area (Å²) in [4.78, 5) is 21.5. The number of carbonyl (C=O) groups excluding carboxylic acids is 1. The van der Waals surface area contributed by atoms with Crippen LogP contribution in [-0.2, 0) is 4.79 Å². The number of nitrogens with one attached hydrogen (secondary N) is 1. The molecule has 0 saturated heterocycles. The number of carboxylic acids is 1. The lowest BCUT2D eigenvalue weighted by Gasteiger charge is -2.15. The van der Waals surface area contributed by atoms with Crippen molar-refractivity contribution in [1.29, 1.82) is 0 Å². The first kappa shape index (κ1) is 15.7. The summed E-state index contributed by atoms with van der Waals surface area (Å²) < 4.78 is 0. The van der Waals surface area contributed by atoms with Crippen LogP contribution in [0.25, 0.3) is 0 Å². The Morgan fingerprint density at radius 1 is 1.45 bits per heavy atom. The number of aliphatic carboxylic acids is 1.